The lowest BCUT2D eigenvalue weighted by atomic mass is 10.1. The topological polar surface area (TPSA) is 47.6 Å². The molecule has 1 aliphatic heterocycles. The summed E-state index contributed by atoms with van der Waals surface area (Å²) >= 11 is 0. The lowest BCUT2D eigenvalue weighted by Crippen LogP contribution is -2.17. The van der Waals surface area contributed by atoms with Crippen LogP contribution in [0.1, 0.15) is 36.9 Å². The SMILES string of the molecule is CNC(C)c1ccc(OC)c(CS(=O)CC2CCCO2)c1. The first-order valence-corrected chi connectivity index (χ1v) is 8.93. The summed E-state index contributed by atoms with van der Waals surface area (Å²) < 4.78 is 23.3. The van der Waals surface area contributed by atoms with Crippen LogP contribution in [0, 0.1) is 0 Å². The maximum absolute atomic E-state index is 12.3. The molecule has 0 aromatic heterocycles. The molecular weight excluding hydrogens is 286 g/mol. The number of nitrogens with one attached hydrogen (secondary N) is 1. The summed E-state index contributed by atoms with van der Waals surface area (Å²) in [6.07, 6.45) is 2.27. The van der Waals surface area contributed by atoms with Gasteiger partial charge in [0.25, 0.3) is 0 Å². The van der Waals surface area contributed by atoms with Gasteiger partial charge in [0.1, 0.15) is 5.75 Å². The van der Waals surface area contributed by atoms with Crippen LogP contribution in [0.2, 0.25) is 0 Å². The minimum Gasteiger partial charge on any atom is -0.496 e. The fourth-order valence-electron chi connectivity index (χ4n) is 2.56. The van der Waals surface area contributed by atoms with Crippen molar-refractivity contribution in [2.24, 2.45) is 0 Å². The second-order valence-electron chi connectivity index (χ2n) is 5.47. The highest BCUT2D eigenvalue weighted by Gasteiger charge is 2.19. The Hall–Kier alpha value is -0.910. The Morgan fingerprint density at radius 3 is 2.95 bits per heavy atom. The highest BCUT2D eigenvalue weighted by atomic mass is 32.2. The number of methoxy groups -OCH3 is 1. The molecule has 0 radical (unpaired) electrons. The van der Waals surface area contributed by atoms with Gasteiger partial charge in [-0.25, -0.2) is 0 Å². The molecular formula is C16H25NO3S. The maximum atomic E-state index is 12.3. The van der Waals surface area contributed by atoms with Gasteiger partial charge in [0, 0.05) is 29.0 Å². The molecule has 1 saturated heterocycles. The second-order valence-corrected chi connectivity index (χ2v) is 6.97. The molecule has 4 nitrogen and oxygen atoms in total. The van der Waals surface area contributed by atoms with Crippen molar-refractivity contribution < 1.29 is 13.7 Å². The molecule has 0 spiro atoms. The summed E-state index contributed by atoms with van der Waals surface area (Å²) in [7, 11) is 2.67. The van der Waals surface area contributed by atoms with Crippen molar-refractivity contribution in [3.63, 3.8) is 0 Å². The zero-order valence-electron chi connectivity index (χ0n) is 13.1. The molecule has 1 fully saturated rings. The van der Waals surface area contributed by atoms with E-state index in [1.807, 2.05) is 19.2 Å². The highest BCUT2D eigenvalue weighted by molar-refractivity contribution is 7.84. The Morgan fingerprint density at radius 2 is 2.33 bits per heavy atom. The summed E-state index contributed by atoms with van der Waals surface area (Å²) in [5.41, 5.74) is 2.19. The molecule has 1 aromatic rings. The Labute approximate surface area is 129 Å². The van der Waals surface area contributed by atoms with E-state index in [1.165, 1.54) is 5.56 Å². The van der Waals surface area contributed by atoms with Crippen LogP contribution in [0.3, 0.4) is 0 Å². The normalized spacial score (nSPS) is 21.2. The first-order chi connectivity index (χ1) is 10.1. The number of rotatable bonds is 7. The number of hydrogen-bond donors (Lipinski definition) is 1. The van der Waals surface area contributed by atoms with E-state index < -0.39 is 10.8 Å². The third-order valence-corrected chi connectivity index (χ3v) is 5.33. The van der Waals surface area contributed by atoms with Crippen LogP contribution >= 0.6 is 0 Å². The van der Waals surface area contributed by atoms with Crippen LogP contribution in [-0.2, 0) is 21.3 Å². The average molecular weight is 311 g/mol. The molecule has 3 atom stereocenters. The molecule has 0 bridgehead atoms. The molecule has 21 heavy (non-hydrogen) atoms. The van der Waals surface area contributed by atoms with Crippen LogP contribution in [0.15, 0.2) is 18.2 Å². The molecule has 0 saturated carbocycles. The van der Waals surface area contributed by atoms with Gasteiger partial charge in [-0.15, -0.1) is 0 Å². The minimum atomic E-state index is -0.922. The molecule has 118 valence electrons. The van der Waals surface area contributed by atoms with Crippen molar-refractivity contribution in [1.29, 1.82) is 0 Å². The van der Waals surface area contributed by atoms with Crippen LogP contribution in [0.5, 0.6) is 5.75 Å². The third kappa shape index (κ3) is 4.53. The fraction of sp³-hybridized carbons (Fsp3) is 0.625. The van der Waals surface area contributed by atoms with Crippen molar-refractivity contribution in [2.75, 3.05) is 26.5 Å². The van der Waals surface area contributed by atoms with Gasteiger partial charge in [0.2, 0.25) is 0 Å². The molecule has 1 heterocycles. The molecule has 2 rings (SSSR count). The van der Waals surface area contributed by atoms with Gasteiger partial charge in [-0.2, -0.15) is 0 Å². The predicted molar refractivity (Wildman–Crippen MR) is 86.2 cm³/mol. The fourth-order valence-corrected chi connectivity index (χ4v) is 3.93. The first-order valence-electron chi connectivity index (χ1n) is 7.44. The van der Waals surface area contributed by atoms with Gasteiger partial charge in [0.05, 0.1) is 24.7 Å². The minimum absolute atomic E-state index is 0.163. The van der Waals surface area contributed by atoms with E-state index in [-0.39, 0.29) is 12.1 Å². The monoisotopic (exact) mass is 311 g/mol. The molecule has 5 heteroatoms. The van der Waals surface area contributed by atoms with E-state index in [1.54, 1.807) is 7.11 Å². The molecule has 1 N–H and O–H groups in total. The second kappa shape index (κ2) is 7.92. The summed E-state index contributed by atoms with van der Waals surface area (Å²) in [5, 5.41) is 3.22. The maximum Gasteiger partial charge on any atom is 0.123 e. The number of hydrogen-bond acceptors (Lipinski definition) is 4. The van der Waals surface area contributed by atoms with Crippen molar-refractivity contribution in [1.82, 2.24) is 5.32 Å². The van der Waals surface area contributed by atoms with Crippen LogP contribution in [0.4, 0.5) is 0 Å². The smallest absolute Gasteiger partial charge is 0.123 e. The van der Waals surface area contributed by atoms with Gasteiger partial charge >= 0.3 is 0 Å². The van der Waals surface area contributed by atoms with Gasteiger partial charge in [-0.05, 0) is 44.5 Å². The summed E-state index contributed by atoms with van der Waals surface area (Å²) in [6.45, 7) is 2.91. The zero-order valence-corrected chi connectivity index (χ0v) is 13.9. The Balaban J connectivity index is 2.07. The van der Waals surface area contributed by atoms with E-state index in [0.29, 0.717) is 11.5 Å². The highest BCUT2D eigenvalue weighted by Crippen LogP contribution is 2.25. The quantitative estimate of drug-likeness (QED) is 0.840. The van der Waals surface area contributed by atoms with E-state index in [2.05, 4.69) is 18.3 Å². The molecule has 0 aliphatic carbocycles. The van der Waals surface area contributed by atoms with E-state index in [9.17, 15) is 4.21 Å². The molecule has 3 unspecified atom stereocenters. The first kappa shape index (κ1) is 16.5. The van der Waals surface area contributed by atoms with E-state index in [0.717, 1.165) is 30.8 Å². The standard InChI is InChI=1S/C16H25NO3S/c1-12(17-2)13-6-7-16(19-3)14(9-13)10-21(18)11-15-5-4-8-20-15/h6-7,9,12,15,17H,4-5,8,10-11H2,1-3H3. The number of benzene rings is 1. The summed E-state index contributed by atoms with van der Waals surface area (Å²) in [6, 6.07) is 6.36. The lowest BCUT2D eigenvalue weighted by Gasteiger charge is -2.15. The van der Waals surface area contributed by atoms with Gasteiger partial charge in [-0.1, -0.05) is 6.07 Å². The molecule has 1 aliphatic rings. The van der Waals surface area contributed by atoms with Crippen molar-refractivity contribution >= 4 is 10.8 Å². The Kier molecular flexibility index (Phi) is 6.21. The Bertz CT molecular complexity index is 486. The molecule has 1 aromatic carbocycles. The lowest BCUT2D eigenvalue weighted by molar-refractivity contribution is 0.128. The Morgan fingerprint density at radius 1 is 1.52 bits per heavy atom. The van der Waals surface area contributed by atoms with E-state index >= 15 is 0 Å². The average Bonchev–Trinajstić information content (AvgIpc) is 2.99. The third-order valence-electron chi connectivity index (χ3n) is 3.95. The van der Waals surface area contributed by atoms with Crippen LogP contribution in [0.25, 0.3) is 0 Å². The van der Waals surface area contributed by atoms with E-state index in [4.69, 9.17) is 9.47 Å². The predicted octanol–water partition coefficient (Wildman–Crippen LogP) is 2.40. The summed E-state index contributed by atoms with van der Waals surface area (Å²) in [5.74, 6) is 1.95. The van der Waals surface area contributed by atoms with Crippen molar-refractivity contribution in [3.8, 4) is 5.75 Å². The largest absolute Gasteiger partial charge is 0.496 e. The van der Waals surface area contributed by atoms with Gasteiger partial charge in [-0.3, -0.25) is 4.21 Å². The molecule has 0 amide bonds. The number of ether oxygens (including phenoxy) is 2. The van der Waals surface area contributed by atoms with Gasteiger partial charge < -0.3 is 14.8 Å². The van der Waals surface area contributed by atoms with Gasteiger partial charge in [0.15, 0.2) is 0 Å². The summed E-state index contributed by atoms with van der Waals surface area (Å²) in [4.78, 5) is 0. The zero-order chi connectivity index (χ0) is 15.2. The van der Waals surface area contributed by atoms with Crippen LogP contribution in [-0.4, -0.2) is 36.8 Å². The van der Waals surface area contributed by atoms with Crippen molar-refractivity contribution in [3.05, 3.63) is 29.3 Å². The van der Waals surface area contributed by atoms with Crippen LogP contribution < -0.4 is 10.1 Å². The van der Waals surface area contributed by atoms with Crippen molar-refractivity contribution in [2.45, 2.75) is 37.7 Å².